The van der Waals surface area contributed by atoms with E-state index in [9.17, 15) is 4.79 Å². The lowest BCUT2D eigenvalue weighted by atomic mass is 10.1. The number of nitrogens with one attached hydrogen (secondary N) is 1. The first-order valence-electron chi connectivity index (χ1n) is 8.92. The van der Waals surface area contributed by atoms with Crippen LogP contribution in [0.1, 0.15) is 16.7 Å². The molecule has 1 fully saturated rings. The van der Waals surface area contributed by atoms with Gasteiger partial charge in [0.1, 0.15) is 0 Å². The smallest absolute Gasteiger partial charge is 0.317 e. The fourth-order valence-electron chi connectivity index (χ4n) is 3.06. The standard InChI is InChI=1S/C20H25ClN4O/c21-19-4-2-1-3-18(19)15-24-9-11-25(12-10-24)20(26)23-14-17-7-5-16(13-22)6-8-17/h1-8H,9-15,22H2,(H,23,26). The average molecular weight is 373 g/mol. The number of carbonyl (C=O) groups excluding carboxylic acids is 1. The highest BCUT2D eigenvalue weighted by atomic mass is 35.5. The molecule has 1 aliphatic heterocycles. The van der Waals surface area contributed by atoms with Crippen LogP contribution in [0.15, 0.2) is 48.5 Å². The van der Waals surface area contributed by atoms with E-state index in [2.05, 4.69) is 16.3 Å². The molecule has 0 radical (unpaired) electrons. The minimum Gasteiger partial charge on any atom is -0.334 e. The summed E-state index contributed by atoms with van der Waals surface area (Å²) < 4.78 is 0. The minimum atomic E-state index is -0.00899. The van der Waals surface area contributed by atoms with Crippen molar-refractivity contribution >= 4 is 17.6 Å². The molecular weight excluding hydrogens is 348 g/mol. The van der Waals surface area contributed by atoms with Crippen LogP contribution in [0.3, 0.4) is 0 Å². The molecule has 0 aliphatic carbocycles. The van der Waals surface area contributed by atoms with E-state index in [1.807, 2.05) is 47.4 Å². The molecule has 6 heteroatoms. The third kappa shape index (κ3) is 4.97. The lowest BCUT2D eigenvalue weighted by Crippen LogP contribution is -2.51. The summed E-state index contributed by atoms with van der Waals surface area (Å²) in [4.78, 5) is 16.6. The number of carbonyl (C=O) groups is 1. The molecule has 2 amide bonds. The Morgan fingerprint density at radius 3 is 2.31 bits per heavy atom. The highest BCUT2D eigenvalue weighted by Crippen LogP contribution is 2.18. The zero-order valence-electron chi connectivity index (χ0n) is 14.8. The highest BCUT2D eigenvalue weighted by Gasteiger charge is 2.21. The van der Waals surface area contributed by atoms with E-state index in [0.717, 1.165) is 54.4 Å². The Hall–Kier alpha value is -2.08. The monoisotopic (exact) mass is 372 g/mol. The highest BCUT2D eigenvalue weighted by molar-refractivity contribution is 6.31. The van der Waals surface area contributed by atoms with Crippen LogP contribution in [0.2, 0.25) is 5.02 Å². The normalized spacial score (nSPS) is 15.1. The molecule has 26 heavy (non-hydrogen) atoms. The molecule has 5 nitrogen and oxygen atoms in total. The van der Waals surface area contributed by atoms with Gasteiger partial charge in [-0.05, 0) is 22.8 Å². The SMILES string of the molecule is NCc1ccc(CNC(=O)N2CCN(Cc3ccccc3Cl)CC2)cc1. The second-order valence-electron chi connectivity index (χ2n) is 6.53. The van der Waals surface area contributed by atoms with Gasteiger partial charge < -0.3 is 16.0 Å². The number of nitrogens with two attached hydrogens (primary N) is 1. The molecule has 2 aromatic carbocycles. The fraction of sp³-hybridized carbons (Fsp3) is 0.350. The Morgan fingerprint density at radius 1 is 1.00 bits per heavy atom. The molecule has 0 atom stereocenters. The predicted molar refractivity (Wildman–Crippen MR) is 105 cm³/mol. The van der Waals surface area contributed by atoms with Crippen molar-refractivity contribution in [1.29, 1.82) is 0 Å². The Balaban J connectivity index is 1.43. The summed E-state index contributed by atoms with van der Waals surface area (Å²) in [5.41, 5.74) is 8.90. The van der Waals surface area contributed by atoms with Crippen LogP contribution in [0, 0.1) is 0 Å². The van der Waals surface area contributed by atoms with Crippen molar-refractivity contribution in [3.05, 3.63) is 70.2 Å². The Kier molecular flexibility index (Phi) is 6.50. The third-order valence-corrected chi connectivity index (χ3v) is 5.08. The molecule has 138 valence electrons. The summed E-state index contributed by atoms with van der Waals surface area (Å²) in [6.45, 7) is 5.04. The molecular formula is C20H25ClN4O. The van der Waals surface area contributed by atoms with Gasteiger partial charge in [0.2, 0.25) is 0 Å². The van der Waals surface area contributed by atoms with Crippen molar-refractivity contribution in [3.63, 3.8) is 0 Å². The van der Waals surface area contributed by atoms with Gasteiger partial charge in [-0.25, -0.2) is 4.79 Å². The van der Waals surface area contributed by atoms with Crippen LogP contribution in [-0.4, -0.2) is 42.0 Å². The van der Waals surface area contributed by atoms with E-state index in [4.69, 9.17) is 17.3 Å². The average Bonchev–Trinajstić information content (AvgIpc) is 2.69. The van der Waals surface area contributed by atoms with Gasteiger partial charge in [-0.15, -0.1) is 0 Å². The maximum Gasteiger partial charge on any atom is 0.317 e. The second kappa shape index (κ2) is 9.03. The number of nitrogens with zero attached hydrogens (tertiary/aromatic N) is 2. The van der Waals surface area contributed by atoms with Crippen LogP contribution in [0.4, 0.5) is 4.79 Å². The van der Waals surface area contributed by atoms with Crippen molar-refractivity contribution in [3.8, 4) is 0 Å². The molecule has 3 rings (SSSR count). The topological polar surface area (TPSA) is 61.6 Å². The van der Waals surface area contributed by atoms with Gasteiger partial charge in [-0.2, -0.15) is 0 Å². The third-order valence-electron chi connectivity index (χ3n) is 4.71. The van der Waals surface area contributed by atoms with Crippen molar-refractivity contribution in [2.45, 2.75) is 19.6 Å². The van der Waals surface area contributed by atoms with Crippen molar-refractivity contribution < 1.29 is 4.79 Å². The first kappa shape index (κ1) is 18.7. The summed E-state index contributed by atoms with van der Waals surface area (Å²) in [5, 5.41) is 3.80. The summed E-state index contributed by atoms with van der Waals surface area (Å²) in [6.07, 6.45) is 0. The van der Waals surface area contributed by atoms with Crippen LogP contribution < -0.4 is 11.1 Å². The lowest BCUT2D eigenvalue weighted by Gasteiger charge is -2.34. The van der Waals surface area contributed by atoms with Gasteiger partial charge in [0.25, 0.3) is 0 Å². The van der Waals surface area contributed by atoms with E-state index >= 15 is 0 Å². The zero-order chi connectivity index (χ0) is 18.4. The molecule has 0 bridgehead atoms. The summed E-state index contributed by atoms with van der Waals surface area (Å²) in [6, 6.07) is 15.9. The first-order valence-corrected chi connectivity index (χ1v) is 9.30. The van der Waals surface area contributed by atoms with Crippen molar-refractivity contribution in [2.24, 2.45) is 5.73 Å². The minimum absolute atomic E-state index is 0.00899. The molecule has 1 saturated heterocycles. The first-order chi connectivity index (χ1) is 12.7. The van der Waals surface area contributed by atoms with Gasteiger partial charge in [-0.3, -0.25) is 4.90 Å². The number of amides is 2. The molecule has 0 unspecified atom stereocenters. The number of urea groups is 1. The van der Waals surface area contributed by atoms with E-state index in [1.165, 1.54) is 0 Å². The van der Waals surface area contributed by atoms with Crippen LogP contribution in [-0.2, 0) is 19.6 Å². The molecule has 1 aliphatic rings. The van der Waals surface area contributed by atoms with Gasteiger partial charge in [0.05, 0.1) is 0 Å². The zero-order valence-corrected chi connectivity index (χ0v) is 15.6. The number of benzene rings is 2. The lowest BCUT2D eigenvalue weighted by molar-refractivity contribution is 0.135. The van der Waals surface area contributed by atoms with E-state index in [1.54, 1.807) is 0 Å². The Morgan fingerprint density at radius 2 is 1.65 bits per heavy atom. The molecule has 0 aromatic heterocycles. The number of rotatable bonds is 5. The molecule has 3 N–H and O–H groups in total. The predicted octanol–water partition coefficient (Wildman–Crippen LogP) is 2.83. The van der Waals surface area contributed by atoms with Gasteiger partial charge >= 0.3 is 6.03 Å². The molecule has 1 heterocycles. The Labute approximate surface area is 159 Å². The van der Waals surface area contributed by atoms with Crippen molar-refractivity contribution in [2.75, 3.05) is 26.2 Å². The Bertz CT molecular complexity index is 727. The molecule has 2 aromatic rings. The quantitative estimate of drug-likeness (QED) is 0.848. The number of piperazine rings is 1. The van der Waals surface area contributed by atoms with Gasteiger partial charge in [0, 0.05) is 50.8 Å². The van der Waals surface area contributed by atoms with Crippen LogP contribution >= 0.6 is 11.6 Å². The maximum absolute atomic E-state index is 12.4. The molecule has 0 spiro atoms. The van der Waals surface area contributed by atoms with E-state index < -0.39 is 0 Å². The van der Waals surface area contributed by atoms with Crippen LogP contribution in [0.5, 0.6) is 0 Å². The van der Waals surface area contributed by atoms with E-state index in [0.29, 0.717) is 13.1 Å². The fourth-order valence-corrected chi connectivity index (χ4v) is 3.25. The van der Waals surface area contributed by atoms with Crippen molar-refractivity contribution in [1.82, 2.24) is 15.1 Å². The summed E-state index contributed by atoms with van der Waals surface area (Å²) in [5.74, 6) is 0. The summed E-state index contributed by atoms with van der Waals surface area (Å²) >= 11 is 6.23. The van der Waals surface area contributed by atoms with E-state index in [-0.39, 0.29) is 6.03 Å². The molecule has 0 saturated carbocycles. The summed E-state index contributed by atoms with van der Waals surface area (Å²) in [7, 11) is 0. The largest absolute Gasteiger partial charge is 0.334 e. The number of hydrogen-bond acceptors (Lipinski definition) is 3. The number of halogens is 1. The number of hydrogen-bond donors (Lipinski definition) is 2. The van der Waals surface area contributed by atoms with Crippen LogP contribution in [0.25, 0.3) is 0 Å². The maximum atomic E-state index is 12.4. The van der Waals surface area contributed by atoms with Gasteiger partial charge in [-0.1, -0.05) is 54.1 Å². The van der Waals surface area contributed by atoms with Gasteiger partial charge in [0.15, 0.2) is 0 Å². The second-order valence-corrected chi connectivity index (χ2v) is 6.94.